The van der Waals surface area contributed by atoms with Crippen LogP contribution >= 0.6 is 11.6 Å². The van der Waals surface area contributed by atoms with Gasteiger partial charge in [-0.05, 0) is 24.5 Å². The second kappa shape index (κ2) is 7.64. The van der Waals surface area contributed by atoms with Gasteiger partial charge in [-0.25, -0.2) is 14.6 Å². The standard InChI is InChI=1S/C20H25ClN6O/c1-20(2,3)19-22-17(26-10-6-7-11-28-13-26)16-18(23-19)27(25-24-16)12-14-8-4-5-9-15(14)21/h4-5,8-9H,6-7,10-13H2,1-3H3. The number of hydrogen-bond donors (Lipinski definition) is 0. The van der Waals surface area contributed by atoms with Crippen molar-refractivity contribution in [3.63, 3.8) is 0 Å². The molecular weight excluding hydrogens is 376 g/mol. The summed E-state index contributed by atoms with van der Waals surface area (Å²) < 4.78 is 7.55. The molecule has 4 rings (SSSR count). The largest absolute Gasteiger partial charge is 0.361 e. The number of ether oxygens (including phenoxy) is 1. The Balaban J connectivity index is 1.83. The number of fused-ring (bicyclic) bond motifs is 1. The maximum absolute atomic E-state index is 6.35. The van der Waals surface area contributed by atoms with Gasteiger partial charge < -0.3 is 9.64 Å². The average Bonchev–Trinajstić information content (AvgIpc) is 2.88. The fraction of sp³-hybridized carbons (Fsp3) is 0.500. The van der Waals surface area contributed by atoms with Crippen LogP contribution < -0.4 is 4.90 Å². The summed E-state index contributed by atoms with van der Waals surface area (Å²) in [6, 6.07) is 7.76. The van der Waals surface area contributed by atoms with E-state index >= 15 is 0 Å². The van der Waals surface area contributed by atoms with Crippen LogP contribution in [0.25, 0.3) is 11.2 Å². The summed E-state index contributed by atoms with van der Waals surface area (Å²) in [7, 11) is 0. The van der Waals surface area contributed by atoms with E-state index in [0.717, 1.165) is 48.8 Å². The number of halogens is 1. The maximum atomic E-state index is 6.35. The van der Waals surface area contributed by atoms with Gasteiger partial charge in [-0.2, -0.15) is 0 Å². The predicted octanol–water partition coefficient (Wildman–Crippen LogP) is 3.79. The Kier molecular flexibility index (Phi) is 5.21. The van der Waals surface area contributed by atoms with Crippen molar-refractivity contribution in [2.24, 2.45) is 0 Å². The first-order valence-electron chi connectivity index (χ1n) is 9.61. The molecule has 1 aliphatic rings. The van der Waals surface area contributed by atoms with Crippen LogP contribution in [0.15, 0.2) is 24.3 Å². The molecule has 0 radical (unpaired) electrons. The molecule has 0 saturated carbocycles. The van der Waals surface area contributed by atoms with Crippen LogP contribution in [0, 0.1) is 0 Å². The highest BCUT2D eigenvalue weighted by Gasteiger charge is 2.25. The highest BCUT2D eigenvalue weighted by atomic mass is 35.5. The molecule has 0 bridgehead atoms. The van der Waals surface area contributed by atoms with Crippen LogP contribution in [0.4, 0.5) is 5.82 Å². The molecule has 3 heterocycles. The van der Waals surface area contributed by atoms with Crippen molar-refractivity contribution in [2.75, 3.05) is 24.8 Å². The van der Waals surface area contributed by atoms with E-state index < -0.39 is 0 Å². The van der Waals surface area contributed by atoms with Crippen molar-refractivity contribution in [1.82, 2.24) is 25.0 Å². The van der Waals surface area contributed by atoms with Crippen LogP contribution in [0.3, 0.4) is 0 Å². The summed E-state index contributed by atoms with van der Waals surface area (Å²) >= 11 is 6.35. The Morgan fingerprint density at radius 3 is 2.75 bits per heavy atom. The van der Waals surface area contributed by atoms with Crippen molar-refractivity contribution >= 4 is 28.6 Å². The zero-order chi connectivity index (χ0) is 19.7. The second-order valence-corrected chi connectivity index (χ2v) is 8.55. The summed E-state index contributed by atoms with van der Waals surface area (Å²) in [4.78, 5) is 11.8. The molecule has 0 spiro atoms. The molecule has 3 aromatic rings. The van der Waals surface area contributed by atoms with E-state index in [1.54, 1.807) is 4.68 Å². The Morgan fingerprint density at radius 2 is 1.96 bits per heavy atom. The summed E-state index contributed by atoms with van der Waals surface area (Å²) in [6.45, 7) is 9.00. The lowest BCUT2D eigenvalue weighted by Crippen LogP contribution is -2.28. The number of hydrogen-bond acceptors (Lipinski definition) is 6. The van der Waals surface area contributed by atoms with E-state index in [4.69, 9.17) is 26.3 Å². The van der Waals surface area contributed by atoms with Gasteiger partial charge in [-0.15, -0.1) is 5.10 Å². The summed E-state index contributed by atoms with van der Waals surface area (Å²) in [6.07, 6.45) is 2.11. The predicted molar refractivity (Wildman–Crippen MR) is 110 cm³/mol. The SMILES string of the molecule is CC(C)(C)c1nc(N2CCCCOC2)c2nnn(Cc3ccccc3Cl)c2n1. The van der Waals surface area contributed by atoms with Gasteiger partial charge in [0.2, 0.25) is 0 Å². The Morgan fingerprint density at radius 1 is 1.14 bits per heavy atom. The molecule has 2 aromatic heterocycles. The van der Waals surface area contributed by atoms with E-state index in [9.17, 15) is 0 Å². The lowest BCUT2D eigenvalue weighted by Gasteiger charge is -2.24. The molecular formula is C20H25ClN6O. The highest BCUT2D eigenvalue weighted by molar-refractivity contribution is 6.31. The van der Waals surface area contributed by atoms with Crippen molar-refractivity contribution in [3.8, 4) is 0 Å². The smallest absolute Gasteiger partial charge is 0.184 e. The highest BCUT2D eigenvalue weighted by Crippen LogP contribution is 2.28. The molecule has 7 nitrogen and oxygen atoms in total. The molecule has 0 unspecified atom stereocenters. The molecule has 1 aromatic carbocycles. The molecule has 0 atom stereocenters. The first-order valence-corrected chi connectivity index (χ1v) is 9.99. The van der Waals surface area contributed by atoms with Crippen LogP contribution in [-0.2, 0) is 16.7 Å². The lowest BCUT2D eigenvalue weighted by molar-refractivity contribution is 0.145. The molecule has 8 heteroatoms. The number of rotatable bonds is 3. The average molecular weight is 401 g/mol. The van der Waals surface area contributed by atoms with Crippen LogP contribution in [0.2, 0.25) is 5.02 Å². The van der Waals surface area contributed by atoms with E-state index in [-0.39, 0.29) is 5.41 Å². The van der Waals surface area contributed by atoms with Gasteiger partial charge in [-0.3, -0.25) is 0 Å². The Labute approximate surface area is 169 Å². The van der Waals surface area contributed by atoms with E-state index in [1.807, 2.05) is 24.3 Å². The van der Waals surface area contributed by atoms with Gasteiger partial charge in [-0.1, -0.05) is 55.8 Å². The number of anilines is 1. The van der Waals surface area contributed by atoms with Crippen LogP contribution in [0.5, 0.6) is 0 Å². The van der Waals surface area contributed by atoms with Gasteiger partial charge >= 0.3 is 0 Å². The zero-order valence-corrected chi connectivity index (χ0v) is 17.3. The number of benzene rings is 1. The van der Waals surface area contributed by atoms with Crippen molar-refractivity contribution in [1.29, 1.82) is 0 Å². The molecule has 1 aliphatic heterocycles. The Hall–Kier alpha value is -2.25. The van der Waals surface area contributed by atoms with E-state index in [1.165, 1.54) is 0 Å². The van der Waals surface area contributed by atoms with Gasteiger partial charge in [0.15, 0.2) is 17.0 Å². The minimum Gasteiger partial charge on any atom is -0.361 e. The monoisotopic (exact) mass is 400 g/mol. The van der Waals surface area contributed by atoms with Crippen LogP contribution in [-0.4, -0.2) is 44.8 Å². The molecule has 0 N–H and O–H groups in total. The maximum Gasteiger partial charge on any atom is 0.184 e. The number of aromatic nitrogens is 5. The summed E-state index contributed by atoms with van der Waals surface area (Å²) in [5.74, 6) is 1.56. The van der Waals surface area contributed by atoms with Gasteiger partial charge in [0.1, 0.15) is 12.6 Å². The van der Waals surface area contributed by atoms with Crippen molar-refractivity contribution in [2.45, 2.75) is 45.6 Å². The minimum absolute atomic E-state index is 0.199. The van der Waals surface area contributed by atoms with Crippen LogP contribution in [0.1, 0.15) is 45.0 Å². The summed E-state index contributed by atoms with van der Waals surface area (Å²) in [5, 5.41) is 9.50. The third-order valence-corrected chi connectivity index (χ3v) is 5.18. The van der Waals surface area contributed by atoms with Crippen molar-refractivity contribution in [3.05, 3.63) is 40.7 Å². The Bertz CT molecular complexity index is 972. The lowest BCUT2D eigenvalue weighted by atomic mass is 9.96. The molecule has 148 valence electrons. The zero-order valence-electron chi connectivity index (χ0n) is 16.5. The topological polar surface area (TPSA) is 69.0 Å². The van der Waals surface area contributed by atoms with Gasteiger partial charge in [0, 0.05) is 23.6 Å². The first-order chi connectivity index (χ1) is 13.4. The molecule has 28 heavy (non-hydrogen) atoms. The van der Waals surface area contributed by atoms with Gasteiger partial charge in [0.25, 0.3) is 0 Å². The normalized spacial score (nSPS) is 15.8. The molecule has 1 saturated heterocycles. The van der Waals surface area contributed by atoms with E-state index in [2.05, 4.69) is 36.0 Å². The van der Waals surface area contributed by atoms with Gasteiger partial charge in [0.05, 0.1) is 6.54 Å². The first kappa shape index (κ1) is 19.1. The number of nitrogens with zero attached hydrogens (tertiary/aromatic N) is 6. The molecule has 0 amide bonds. The molecule has 1 fully saturated rings. The second-order valence-electron chi connectivity index (χ2n) is 8.14. The summed E-state index contributed by atoms with van der Waals surface area (Å²) in [5.41, 5.74) is 2.20. The van der Waals surface area contributed by atoms with E-state index in [0.29, 0.717) is 23.8 Å². The fourth-order valence-corrected chi connectivity index (χ4v) is 3.40. The quantitative estimate of drug-likeness (QED) is 0.666. The molecule has 0 aliphatic carbocycles. The minimum atomic E-state index is -0.199. The fourth-order valence-electron chi connectivity index (χ4n) is 3.21. The van der Waals surface area contributed by atoms with Crippen molar-refractivity contribution < 1.29 is 4.74 Å². The third kappa shape index (κ3) is 3.82. The third-order valence-electron chi connectivity index (χ3n) is 4.81.